The van der Waals surface area contributed by atoms with Gasteiger partial charge in [-0.2, -0.15) is 4.80 Å². The molecule has 8 nitrogen and oxygen atoms in total. The Bertz CT molecular complexity index is 976. The van der Waals surface area contributed by atoms with Crippen molar-refractivity contribution >= 4 is 23.6 Å². The Balaban J connectivity index is 1.64. The molecule has 0 saturated heterocycles. The lowest BCUT2D eigenvalue weighted by molar-refractivity contribution is -0.147. The van der Waals surface area contributed by atoms with E-state index in [1.165, 1.54) is 4.80 Å². The van der Waals surface area contributed by atoms with E-state index >= 15 is 0 Å². The minimum Gasteiger partial charge on any atom is -0.464 e. The summed E-state index contributed by atoms with van der Waals surface area (Å²) in [6.45, 7) is 1.82. The van der Waals surface area contributed by atoms with E-state index in [1.807, 2.05) is 60.9 Å². The number of ether oxygens (including phenoxy) is 1. The number of hydrogen-bond acceptors (Lipinski definition) is 7. The van der Waals surface area contributed by atoms with Crippen LogP contribution in [-0.4, -0.2) is 51.0 Å². The van der Waals surface area contributed by atoms with Crippen LogP contribution in [-0.2, 0) is 27.3 Å². The van der Waals surface area contributed by atoms with Gasteiger partial charge < -0.3 is 10.1 Å². The Morgan fingerprint density at radius 1 is 1.13 bits per heavy atom. The summed E-state index contributed by atoms with van der Waals surface area (Å²) in [4.78, 5) is 27.1. The monoisotopic (exact) mass is 425 g/mol. The lowest BCUT2D eigenvalue weighted by Gasteiger charge is -2.17. The van der Waals surface area contributed by atoms with Crippen molar-refractivity contribution in [1.29, 1.82) is 0 Å². The molecule has 1 aromatic heterocycles. The summed E-state index contributed by atoms with van der Waals surface area (Å²) in [5, 5.41) is 14.9. The van der Waals surface area contributed by atoms with Crippen LogP contribution in [0.4, 0.5) is 0 Å². The number of tetrazole rings is 1. The van der Waals surface area contributed by atoms with Gasteiger partial charge in [0.25, 0.3) is 0 Å². The zero-order valence-electron chi connectivity index (χ0n) is 16.8. The minimum absolute atomic E-state index is 0.152. The van der Waals surface area contributed by atoms with Gasteiger partial charge >= 0.3 is 5.97 Å². The van der Waals surface area contributed by atoms with Gasteiger partial charge in [0.2, 0.25) is 11.7 Å². The summed E-state index contributed by atoms with van der Waals surface area (Å²) < 4.78 is 5.10. The molecule has 3 aromatic rings. The van der Waals surface area contributed by atoms with Gasteiger partial charge in [0.05, 0.1) is 6.61 Å². The number of aromatic nitrogens is 4. The second-order valence-electron chi connectivity index (χ2n) is 6.43. The number of carbonyl (C=O) groups excluding carboxylic acids is 2. The predicted molar refractivity (Wildman–Crippen MR) is 114 cm³/mol. The number of hydrogen-bond donors (Lipinski definition) is 1. The van der Waals surface area contributed by atoms with E-state index in [4.69, 9.17) is 4.74 Å². The van der Waals surface area contributed by atoms with Crippen molar-refractivity contribution in [3.63, 3.8) is 0 Å². The van der Waals surface area contributed by atoms with Crippen molar-refractivity contribution in [2.45, 2.75) is 30.8 Å². The molecule has 0 saturated carbocycles. The van der Waals surface area contributed by atoms with Crippen molar-refractivity contribution in [2.24, 2.45) is 0 Å². The number of carbonyl (C=O) groups is 2. The van der Waals surface area contributed by atoms with Gasteiger partial charge in [0.1, 0.15) is 12.6 Å². The molecule has 0 aliphatic heterocycles. The zero-order valence-corrected chi connectivity index (χ0v) is 17.6. The number of esters is 1. The summed E-state index contributed by atoms with van der Waals surface area (Å²) >= 11 is 1.65. The van der Waals surface area contributed by atoms with Crippen LogP contribution in [0.5, 0.6) is 0 Å². The van der Waals surface area contributed by atoms with Crippen molar-refractivity contribution in [3.8, 4) is 11.4 Å². The number of thioether (sulfide) groups is 1. The number of benzene rings is 2. The van der Waals surface area contributed by atoms with Crippen molar-refractivity contribution < 1.29 is 14.3 Å². The summed E-state index contributed by atoms with van der Waals surface area (Å²) in [5.41, 5.74) is 1.73. The van der Waals surface area contributed by atoms with Gasteiger partial charge in [0.15, 0.2) is 0 Å². The topological polar surface area (TPSA) is 99.0 Å². The number of rotatable bonds is 9. The molecule has 0 bridgehead atoms. The third-order valence-electron chi connectivity index (χ3n) is 4.28. The molecule has 0 aliphatic rings. The molecule has 1 N–H and O–H groups in total. The van der Waals surface area contributed by atoms with Crippen molar-refractivity contribution in [1.82, 2.24) is 25.5 Å². The third-order valence-corrected chi connectivity index (χ3v) is 5.02. The van der Waals surface area contributed by atoms with Crippen LogP contribution in [0.2, 0.25) is 0 Å². The lowest BCUT2D eigenvalue weighted by Crippen LogP contribution is -2.44. The summed E-state index contributed by atoms with van der Waals surface area (Å²) in [7, 11) is 0. The molecule has 1 atom stereocenters. The molecule has 9 heteroatoms. The van der Waals surface area contributed by atoms with E-state index < -0.39 is 17.9 Å². The van der Waals surface area contributed by atoms with E-state index in [2.05, 4.69) is 20.7 Å². The fraction of sp³-hybridized carbons (Fsp3) is 0.286. The summed E-state index contributed by atoms with van der Waals surface area (Å²) in [6, 6.07) is 16.4. The Kier molecular flexibility index (Phi) is 7.56. The smallest absolute Gasteiger partial charge is 0.328 e. The van der Waals surface area contributed by atoms with E-state index in [1.54, 1.807) is 18.7 Å². The molecule has 0 fully saturated rings. The highest BCUT2D eigenvalue weighted by molar-refractivity contribution is 7.98. The second-order valence-corrected chi connectivity index (χ2v) is 7.31. The SMILES string of the molecule is CCOC(=O)[C@@H](Cc1ccccc1)NC(=O)Cn1nnc(-c2ccc(SC)cc2)n1. The molecule has 0 radical (unpaired) electrons. The van der Waals surface area contributed by atoms with E-state index in [9.17, 15) is 9.59 Å². The molecule has 1 amide bonds. The molecule has 3 rings (SSSR count). The quantitative estimate of drug-likeness (QED) is 0.415. The number of nitrogens with zero attached hydrogens (tertiary/aromatic N) is 4. The average molecular weight is 426 g/mol. The van der Waals surface area contributed by atoms with Crippen LogP contribution >= 0.6 is 11.8 Å². The van der Waals surface area contributed by atoms with Crippen LogP contribution in [0.15, 0.2) is 59.5 Å². The first-order valence-corrected chi connectivity index (χ1v) is 10.7. The molecule has 0 spiro atoms. The molecule has 1 heterocycles. The normalized spacial score (nSPS) is 11.7. The highest BCUT2D eigenvalue weighted by Crippen LogP contribution is 2.19. The van der Waals surface area contributed by atoms with Crippen molar-refractivity contribution in [3.05, 3.63) is 60.2 Å². The largest absolute Gasteiger partial charge is 0.464 e. The molecule has 30 heavy (non-hydrogen) atoms. The summed E-state index contributed by atoms with van der Waals surface area (Å²) in [6.07, 6.45) is 2.34. The maximum Gasteiger partial charge on any atom is 0.328 e. The van der Waals surface area contributed by atoms with Crippen LogP contribution in [0.25, 0.3) is 11.4 Å². The molecule has 156 valence electrons. The van der Waals surface area contributed by atoms with Crippen LogP contribution < -0.4 is 5.32 Å². The zero-order chi connectivity index (χ0) is 21.3. The minimum atomic E-state index is -0.790. The Hall–Kier alpha value is -3.20. The number of amides is 1. The highest BCUT2D eigenvalue weighted by Gasteiger charge is 2.23. The van der Waals surface area contributed by atoms with E-state index in [-0.39, 0.29) is 13.2 Å². The Labute approximate surface area is 179 Å². The predicted octanol–water partition coefficient (Wildman–Crippen LogP) is 2.35. The fourth-order valence-electron chi connectivity index (χ4n) is 2.82. The van der Waals surface area contributed by atoms with E-state index in [0.29, 0.717) is 12.2 Å². The highest BCUT2D eigenvalue weighted by atomic mass is 32.2. The van der Waals surface area contributed by atoms with Crippen LogP contribution in [0.3, 0.4) is 0 Å². The van der Waals surface area contributed by atoms with Crippen LogP contribution in [0, 0.1) is 0 Å². The standard InChI is InChI=1S/C21H23N5O3S/c1-3-29-21(28)18(13-15-7-5-4-6-8-15)22-19(27)14-26-24-20(23-25-26)16-9-11-17(30-2)12-10-16/h4-12,18H,3,13-14H2,1-2H3,(H,22,27)/t18-/m1/s1. The molecule has 0 unspecified atom stereocenters. The Morgan fingerprint density at radius 2 is 1.87 bits per heavy atom. The molecule has 0 aliphatic carbocycles. The third kappa shape index (κ3) is 5.90. The maximum absolute atomic E-state index is 12.5. The first-order chi connectivity index (χ1) is 14.6. The maximum atomic E-state index is 12.5. The first kappa shape index (κ1) is 21.5. The average Bonchev–Trinajstić information content (AvgIpc) is 3.22. The molecule has 2 aromatic carbocycles. The van der Waals surface area contributed by atoms with Gasteiger partial charge in [-0.25, -0.2) is 4.79 Å². The van der Waals surface area contributed by atoms with E-state index in [0.717, 1.165) is 16.0 Å². The van der Waals surface area contributed by atoms with Gasteiger partial charge in [-0.05, 0) is 48.2 Å². The van der Waals surface area contributed by atoms with Gasteiger partial charge in [0, 0.05) is 16.9 Å². The van der Waals surface area contributed by atoms with Gasteiger partial charge in [-0.1, -0.05) is 30.3 Å². The van der Waals surface area contributed by atoms with Gasteiger partial charge in [-0.3, -0.25) is 4.79 Å². The van der Waals surface area contributed by atoms with Gasteiger partial charge in [-0.15, -0.1) is 22.0 Å². The lowest BCUT2D eigenvalue weighted by atomic mass is 10.1. The van der Waals surface area contributed by atoms with Crippen LogP contribution in [0.1, 0.15) is 12.5 Å². The Morgan fingerprint density at radius 3 is 2.53 bits per heavy atom. The number of nitrogens with one attached hydrogen (secondary N) is 1. The molecular weight excluding hydrogens is 402 g/mol. The first-order valence-electron chi connectivity index (χ1n) is 9.51. The second kappa shape index (κ2) is 10.5. The molecular formula is C21H23N5O3S. The summed E-state index contributed by atoms with van der Waals surface area (Å²) in [5.74, 6) is -0.442. The van der Waals surface area contributed by atoms with Crippen molar-refractivity contribution in [2.75, 3.05) is 12.9 Å². The fourth-order valence-corrected chi connectivity index (χ4v) is 3.23.